The first-order chi connectivity index (χ1) is 13.7. The van der Waals surface area contributed by atoms with Gasteiger partial charge < -0.3 is 14.8 Å². The zero-order valence-corrected chi connectivity index (χ0v) is 16.7. The van der Waals surface area contributed by atoms with Crippen molar-refractivity contribution in [2.45, 2.75) is 37.8 Å². The summed E-state index contributed by atoms with van der Waals surface area (Å²) in [5.41, 5.74) is 0.481. The van der Waals surface area contributed by atoms with Crippen LogP contribution in [-0.4, -0.2) is 52.9 Å². The van der Waals surface area contributed by atoms with Crippen LogP contribution in [0, 0.1) is 0 Å². The van der Waals surface area contributed by atoms with Crippen LogP contribution >= 0.6 is 11.3 Å². The summed E-state index contributed by atoms with van der Waals surface area (Å²) in [6.07, 6.45) is 9.20. The molecule has 1 amide bonds. The number of ether oxygens (including phenoxy) is 2. The predicted octanol–water partition coefficient (Wildman–Crippen LogP) is 3.19. The fourth-order valence-corrected chi connectivity index (χ4v) is 4.43. The van der Waals surface area contributed by atoms with Gasteiger partial charge in [0.15, 0.2) is 0 Å². The standard InChI is InChI=1S/C20H24N4O3S/c1-26-9-10-27-16-4-2-15(3-5-16)22-20(25)18-19-14(6-11-28-19)12-17(23-18)24-8-7-21-13-24/h6-8,11-13,15-16H,2-5,9-10H2,1H3,(H,22,25)/t15-,16-. The molecule has 0 unspecified atom stereocenters. The number of methoxy groups -OCH3 is 1. The number of carbonyl (C=O) groups is 1. The third-order valence-corrected chi connectivity index (χ3v) is 5.99. The molecule has 1 N–H and O–H groups in total. The van der Waals surface area contributed by atoms with Crippen molar-refractivity contribution in [3.8, 4) is 5.82 Å². The second-order valence-electron chi connectivity index (χ2n) is 6.95. The van der Waals surface area contributed by atoms with Gasteiger partial charge in [-0.15, -0.1) is 11.3 Å². The van der Waals surface area contributed by atoms with Gasteiger partial charge in [-0.1, -0.05) is 0 Å². The second kappa shape index (κ2) is 8.81. The van der Waals surface area contributed by atoms with Crippen LogP contribution in [0.5, 0.6) is 0 Å². The Labute approximate surface area is 167 Å². The maximum Gasteiger partial charge on any atom is 0.271 e. The molecule has 0 aliphatic heterocycles. The lowest BCUT2D eigenvalue weighted by Crippen LogP contribution is -2.39. The van der Waals surface area contributed by atoms with Crippen LogP contribution in [0.15, 0.2) is 36.2 Å². The van der Waals surface area contributed by atoms with Gasteiger partial charge in [0, 0.05) is 25.5 Å². The predicted molar refractivity (Wildman–Crippen MR) is 108 cm³/mol. The van der Waals surface area contributed by atoms with Crippen molar-refractivity contribution in [2.24, 2.45) is 0 Å². The van der Waals surface area contributed by atoms with E-state index in [9.17, 15) is 4.79 Å². The van der Waals surface area contributed by atoms with Gasteiger partial charge in [0.05, 0.1) is 24.0 Å². The summed E-state index contributed by atoms with van der Waals surface area (Å²) < 4.78 is 13.6. The highest BCUT2D eigenvalue weighted by atomic mass is 32.1. The number of carbonyl (C=O) groups excluding carboxylic acids is 1. The van der Waals surface area contributed by atoms with Crippen LogP contribution in [0.25, 0.3) is 15.9 Å². The van der Waals surface area contributed by atoms with Crippen LogP contribution in [0.3, 0.4) is 0 Å². The highest BCUT2D eigenvalue weighted by Crippen LogP contribution is 2.27. The maximum atomic E-state index is 13.0. The van der Waals surface area contributed by atoms with Gasteiger partial charge in [0.25, 0.3) is 5.91 Å². The van der Waals surface area contributed by atoms with Crippen molar-refractivity contribution >= 4 is 27.3 Å². The van der Waals surface area contributed by atoms with Crippen LogP contribution in [0.4, 0.5) is 0 Å². The highest BCUT2D eigenvalue weighted by molar-refractivity contribution is 7.17. The molecule has 7 nitrogen and oxygen atoms in total. The zero-order valence-electron chi connectivity index (χ0n) is 15.8. The lowest BCUT2D eigenvalue weighted by Gasteiger charge is -2.29. The summed E-state index contributed by atoms with van der Waals surface area (Å²) in [6.45, 7) is 1.24. The molecule has 3 heterocycles. The van der Waals surface area contributed by atoms with Crippen LogP contribution in [0.2, 0.25) is 0 Å². The zero-order chi connectivity index (χ0) is 19.3. The number of hydrogen-bond donors (Lipinski definition) is 1. The van der Waals surface area contributed by atoms with Crippen molar-refractivity contribution in [3.05, 3.63) is 41.9 Å². The van der Waals surface area contributed by atoms with Crippen molar-refractivity contribution in [3.63, 3.8) is 0 Å². The van der Waals surface area contributed by atoms with Crippen LogP contribution in [0.1, 0.15) is 36.2 Å². The Hall–Kier alpha value is -2.29. The fraction of sp³-hybridized carbons (Fsp3) is 0.450. The lowest BCUT2D eigenvalue weighted by atomic mass is 9.93. The molecule has 1 aliphatic carbocycles. The number of amides is 1. The third-order valence-electron chi connectivity index (χ3n) is 5.06. The van der Waals surface area contributed by atoms with E-state index < -0.39 is 0 Å². The molecule has 8 heteroatoms. The number of aromatic nitrogens is 3. The van der Waals surface area contributed by atoms with Gasteiger partial charge in [0.2, 0.25) is 0 Å². The first kappa shape index (κ1) is 19.0. The molecule has 0 saturated heterocycles. The molecule has 1 saturated carbocycles. The summed E-state index contributed by atoms with van der Waals surface area (Å²) in [5.74, 6) is 0.585. The van der Waals surface area contributed by atoms with Crippen molar-refractivity contribution in [1.29, 1.82) is 0 Å². The molecule has 1 aliphatic rings. The molecule has 3 aromatic heterocycles. The second-order valence-corrected chi connectivity index (χ2v) is 7.86. The molecule has 28 heavy (non-hydrogen) atoms. The number of fused-ring (bicyclic) bond motifs is 1. The molecule has 0 aromatic carbocycles. The molecule has 1 fully saturated rings. The van der Waals surface area contributed by atoms with Crippen molar-refractivity contribution < 1.29 is 14.3 Å². The van der Waals surface area contributed by atoms with Gasteiger partial charge >= 0.3 is 0 Å². The smallest absolute Gasteiger partial charge is 0.271 e. The molecule has 148 valence electrons. The summed E-state index contributed by atoms with van der Waals surface area (Å²) in [6, 6.07) is 4.15. The van der Waals surface area contributed by atoms with E-state index >= 15 is 0 Å². The number of thiophene rings is 1. The Balaban J connectivity index is 1.44. The average Bonchev–Trinajstić information content (AvgIpc) is 3.40. The Bertz CT molecular complexity index is 917. The Morgan fingerprint density at radius 3 is 2.93 bits per heavy atom. The van der Waals surface area contributed by atoms with E-state index in [0.29, 0.717) is 24.7 Å². The molecular formula is C20H24N4O3S. The van der Waals surface area contributed by atoms with Gasteiger partial charge in [-0.2, -0.15) is 0 Å². The Morgan fingerprint density at radius 1 is 1.32 bits per heavy atom. The topological polar surface area (TPSA) is 78.3 Å². The van der Waals surface area contributed by atoms with Gasteiger partial charge in [-0.25, -0.2) is 9.97 Å². The van der Waals surface area contributed by atoms with E-state index in [0.717, 1.165) is 35.8 Å². The minimum absolute atomic E-state index is 0.113. The van der Waals surface area contributed by atoms with E-state index in [1.54, 1.807) is 31.0 Å². The average molecular weight is 401 g/mol. The molecule has 4 rings (SSSR count). The van der Waals surface area contributed by atoms with E-state index in [4.69, 9.17) is 9.47 Å². The van der Waals surface area contributed by atoms with Gasteiger partial charge in [0.1, 0.15) is 17.8 Å². The van der Waals surface area contributed by atoms with E-state index in [-0.39, 0.29) is 18.1 Å². The SMILES string of the molecule is COCCO[C@H]1CC[C@H](NC(=O)c2nc(-n3ccnc3)cc3ccsc23)CC1. The highest BCUT2D eigenvalue weighted by Gasteiger charge is 2.25. The summed E-state index contributed by atoms with van der Waals surface area (Å²) >= 11 is 1.54. The number of hydrogen-bond acceptors (Lipinski definition) is 6. The van der Waals surface area contributed by atoms with Crippen LogP contribution < -0.4 is 5.32 Å². The maximum absolute atomic E-state index is 13.0. The molecule has 0 atom stereocenters. The van der Waals surface area contributed by atoms with Crippen molar-refractivity contribution in [2.75, 3.05) is 20.3 Å². The third kappa shape index (κ3) is 4.24. The minimum atomic E-state index is -0.113. The number of pyridine rings is 1. The summed E-state index contributed by atoms with van der Waals surface area (Å²) in [5, 5.41) is 6.18. The van der Waals surface area contributed by atoms with Crippen LogP contribution in [-0.2, 0) is 9.47 Å². The molecule has 0 spiro atoms. The minimum Gasteiger partial charge on any atom is -0.382 e. The first-order valence-electron chi connectivity index (χ1n) is 9.52. The van der Waals surface area contributed by atoms with E-state index in [1.807, 2.05) is 28.3 Å². The number of nitrogens with zero attached hydrogens (tertiary/aromatic N) is 3. The van der Waals surface area contributed by atoms with E-state index in [1.165, 1.54) is 0 Å². The quantitative estimate of drug-likeness (QED) is 0.616. The Morgan fingerprint density at radius 2 is 2.18 bits per heavy atom. The molecule has 3 aromatic rings. The van der Waals surface area contributed by atoms with Gasteiger partial charge in [-0.05, 0) is 48.6 Å². The monoisotopic (exact) mass is 400 g/mol. The normalized spacial score (nSPS) is 19.8. The van der Waals surface area contributed by atoms with Gasteiger partial charge in [-0.3, -0.25) is 9.36 Å². The van der Waals surface area contributed by atoms with E-state index in [2.05, 4.69) is 15.3 Å². The summed E-state index contributed by atoms with van der Waals surface area (Å²) in [4.78, 5) is 21.7. The number of imidazole rings is 1. The molecular weight excluding hydrogens is 376 g/mol. The van der Waals surface area contributed by atoms with Crippen molar-refractivity contribution in [1.82, 2.24) is 19.9 Å². The Kier molecular flexibility index (Phi) is 5.99. The largest absolute Gasteiger partial charge is 0.382 e. The first-order valence-corrected chi connectivity index (χ1v) is 10.4. The fourth-order valence-electron chi connectivity index (χ4n) is 3.57. The molecule has 0 radical (unpaired) electrons. The lowest BCUT2D eigenvalue weighted by molar-refractivity contribution is -0.00408. The molecule has 0 bridgehead atoms. The number of nitrogens with one attached hydrogen (secondary N) is 1. The number of rotatable bonds is 7. The summed E-state index contributed by atoms with van der Waals surface area (Å²) in [7, 11) is 1.68.